The van der Waals surface area contributed by atoms with Gasteiger partial charge in [-0.3, -0.25) is 9.59 Å². The number of nitrogens with zero attached hydrogens (tertiary/aromatic N) is 1. The lowest BCUT2D eigenvalue weighted by Crippen LogP contribution is -2.20. The maximum absolute atomic E-state index is 11.9. The van der Waals surface area contributed by atoms with E-state index in [0.717, 1.165) is 11.3 Å². The molecule has 27 heavy (non-hydrogen) atoms. The monoisotopic (exact) mass is 369 g/mol. The number of carbonyl (C=O) groups is 2. The first-order chi connectivity index (χ1) is 13.0. The van der Waals surface area contributed by atoms with Crippen LogP contribution in [0.1, 0.15) is 30.9 Å². The van der Waals surface area contributed by atoms with Gasteiger partial charge in [-0.15, -0.1) is 0 Å². The van der Waals surface area contributed by atoms with E-state index in [1.165, 1.54) is 12.3 Å². The number of rotatable bonds is 8. The molecule has 2 aromatic carbocycles. The van der Waals surface area contributed by atoms with Crippen molar-refractivity contribution in [1.29, 1.82) is 0 Å². The average molecular weight is 369 g/mol. The van der Waals surface area contributed by atoms with Gasteiger partial charge >= 0.3 is 0 Å². The molecule has 0 saturated heterocycles. The van der Waals surface area contributed by atoms with Crippen LogP contribution in [0.2, 0.25) is 0 Å². The Kier molecular flexibility index (Phi) is 7.37. The number of nitrogens with one attached hydrogen (secondary N) is 2. The van der Waals surface area contributed by atoms with Crippen LogP contribution in [0.4, 0.5) is 5.69 Å². The molecule has 0 unspecified atom stereocenters. The summed E-state index contributed by atoms with van der Waals surface area (Å²) in [5, 5.41) is 16.3. The standard InChI is InChI=1S/C20H23N3O4/c1-3-27-18-12-15(8-9-17(18)24)13-21-23-20(26)11-10-19(25)22-16-7-5-4-6-14(16)2/h4-9,12-13,24H,3,10-11H2,1-2H3,(H,22,25)(H,23,26)/b21-13+. The molecule has 7 nitrogen and oxygen atoms in total. The maximum Gasteiger partial charge on any atom is 0.240 e. The quantitative estimate of drug-likeness (QED) is 0.492. The first kappa shape index (κ1) is 20.0. The Bertz CT molecular complexity index is 834. The normalized spacial score (nSPS) is 10.6. The molecule has 142 valence electrons. The summed E-state index contributed by atoms with van der Waals surface area (Å²) in [7, 11) is 0. The molecule has 0 spiro atoms. The molecule has 0 heterocycles. The van der Waals surface area contributed by atoms with Crippen LogP contribution in [0, 0.1) is 6.92 Å². The van der Waals surface area contributed by atoms with Gasteiger partial charge in [-0.25, -0.2) is 5.43 Å². The van der Waals surface area contributed by atoms with Crippen LogP contribution in [0.15, 0.2) is 47.6 Å². The van der Waals surface area contributed by atoms with Crippen molar-refractivity contribution < 1.29 is 19.4 Å². The SMILES string of the molecule is CCOc1cc(/C=N/NC(=O)CCC(=O)Nc2ccccc2C)ccc1O. The lowest BCUT2D eigenvalue weighted by atomic mass is 10.2. The zero-order valence-electron chi connectivity index (χ0n) is 15.4. The molecular formula is C20H23N3O4. The second-order valence-electron chi connectivity index (χ2n) is 5.82. The van der Waals surface area contributed by atoms with Crippen LogP contribution >= 0.6 is 0 Å². The summed E-state index contributed by atoms with van der Waals surface area (Å²) >= 11 is 0. The van der Waals surface area contributed by atoms with Gasteiger partial charge in [0, 0.05) is 18.5 Å². The highest BCUT2D eigenvalue weighted by Gasteiger charge is 2.08. The smallest absolute Gasteiger partial charge is 0.240 e. The summed E-state index contributed by atoms with van der Waals surface area (Å²) in [5.41, 5.74) is 4.73. The number of amides is 2. The summed E-state index contributed by atoms with van der Waals surface area (Å²) in [6, 6.07) is 12.2. The predicted octanol–water partition coefficient (Wildman–Crippen LogP) is 2.97. The van der Waals surface area contributed by atoms with Gasteiger partial charge in [0.25, 0.3) is 0 Å². The van der Waals surface area contributed by atoms with Crippen molar-refractivity contribution in [3.63, 3.8) is 0 Å². The molecule has 0 aromatic heterocycles. The molecular weight excluding hydrogens is 346 g/mol. The Morgan fingerprint density at radius 1 is 1.15 bits per heavy atom. The topological polar surface area (TPSA) is 100 Å². The molecule has 7 heteroatoms. The Morgan fingerprint density at radius 3 is 2.63 bits per heavy atom. The molecule has 0 radical (unpaired) electrons. The van der Waals surface area contributed by atoms with Crippen LogP contribution in [-0.2, 0) is 9.59 Å². The van der Waals surface area contributed by atoms with Crippen molar-refractivity contribution in [2.24, 2.45) is 5.10 Å². The molecule has 2 rings (SSSR count). The zero-order valence-corrected chi connectivity index (χ0v) is 15.4. The van der Waals surface area contributed by atoms with Gasteiger partial charge in [0.15, 0.2) is 11.5 Å². The third kappa shape index (κ3) is 6.47. The summed E-state index contributed by atoms with van der Waals surface area (Å²) in [5.74, 6) is -0.211. The van der Waals surface area contributed by atoms with Gasteiger partial charge in [-0.2, -0.15) is 5.10 Å². The Balaban J connectivity index is 1.79. The summed E-state index contributed by atoms with van der Waals surface area (Å²) in [6.45, 7) is 4.14. The number of carbonyl (C=O) groups excluding carboxylic acids is 2. The van der Waals surface area contributed by atoms with Gasteiger partial charge in [-0.1, -0.05) is 18.2 Å². The van der Waals surface area contributed by atoms with E-state index < -0.39 is 0 Å². The number of benzene rings is 2. The number of hydrogen-bond acceptors (Lipinski definition) is 5. The number of hydrogen-bond donors (Lipinski definition) is 3. The fourth-order valence-corrected chi connectivity index (χ4v) is 2.27. The van der Waals surface area contributed by atoms with E-state index >= 15 is 0 Å². The second kappa shape index (κ2) is 9.96. The van der Waals surface area contributed by atoms with E-state index in [4.69, 9.17) is 4.74 Å². The highest BCUT2D eigenvalue weighted by molar-refractivity contribution is 5.94. The van der Waals surface area contributed by atoms with E-state index in [1.54, 1.807) is 12.1 Å². The van der Waals surface area contributed by atoms with E-state index in [-0.39, 0.29) is 30.4 Å². The summed E-state index contributed by atoms with van der Waals surface area (Å²) in [4.78, 5) is 23.7. The molecule has 0 bridgehead atoms. The highest BCUT2D eigenvalue weighted by Crippen LogP contribution is 2.26. The Hall–Kier alpha value is -3.35. The predicted molar refractivity (Wildman–Crippen MR) is 104 cm³/mol. The third-order valence-electron chi connectivity index (χ3n) is 3.68. The van der Waals surface area contributed by atoms with E-state index in [0.29, 0.717) is 17.9 Å². The van der Waals surface area contributed by atoms with Crippen molar-refractivity contribution in [3.05, 3.63) is 53.6 Å². The lowest BCUT2D eigenvalue weighted by molar-refractivity contribution is -0.124. The van der Waals surface area contributed by atoms with Crippen LogP contribution in [-0.4, -0.2) is 29.7 Å². The van der Waals surface area contributed by atoms with Crippen LogP contribution in [0.25, 0.3) is 0 Å². The number of aromatic hydroxyl groups is 1. The van der Waals surface area contributed by atoms with Gasteiger partial charge < -0.3 is 15.2 Å². The number of ether oxygens (including phenoxy) is 1. The number of hydrazone groups is 1. The van der Waals surface area contributed by atoms with Crippen molar-refractivity contribution in [2.75, 3.05) is 11.9 Å². The molecule has 0 aliphatic rings. The summed E-state index contributed by atoms with van der Waals surface area (Å²) < 4.78 is 5.28. The van der Waals surface area contributed by atoms with Crippen LogP contribution in [0.3, 0.4) is 0 Å². The van der Waals surface area contributed by atoms with Gasteiger partial charge in [-0.05, 0) is 49.2 Å². The number of phenols is 1. The fourth-order valence-electron chi connectivity index (χ4n) is 2.27. The second-order valence-corrected chi connectivity index (χ2v) is 5.82. The van der Waals surface area contributed by atoms with Crippen molar-refractivity contribution in [3.8, 4) is 11.5 Å². The van der Waals surface area contributed by atoms with Crippen molar-refractivity contribution in [1.82, 2.24) is 5.43 Å². The first-order valence-corrected chi connectivity index (χ1v) is 8.62. The lowest BCUT2D eigenvalue weighted by Gasteiger charge is -2.07. The number of anilines is 1. The minimum atomic E-state index is -0.366. The molecule has 0 fully saturated rings. The third-order valence-corrected chi connectivity index (χ3v) is 3.68. The number of para-hydroxylation sites is 1. The van der Waals surface area contributed by atoms with Gasteiger partial charge in [0.1, 0.15) is 0 Å². The van der Waals surface area contributed by atoms with Crippen molar-refractivity contribution in [2.45, 2.75) is 26.7 Å². The largest absolute Gasteiger partial charge is 0.504 e. The molecule has 2 amide bonds. The van der Waals surface area contributed by atoms with Gasteiger partial charge in [0.05, 0.1) is 12.8 Å². The fraction of sp³-hybridized carbons (Fsp3) is 0.250. The maximum atomic E-state index is 11.9. The Morgan fingerprint density at radius 2 is 1.89 bits per heavy atom. The minimum Gasteiger partial charge on any atom is -0.504 e. The minimum absolute atomic E-state index is 0.0226. The molecule has 2 aromatic rings. The average Bonchev–Trinajstić information content (AvgIpc) is 2.65. The molecule has 3 N–H and O–H groups in total. The Labute approximate surface area is 158 Å². The number of aryl methyl sites for hydroxylation is 1. The van der Waals surface area contributed by atoms with E-state index in [9.17, 15) is 14.7 Å². The van der Waals surface area contributed by atoms with Crippen LogP contribution in [0.5, 0.6) is 11.5 Å². The van der Waals surface area contributed by atoms with Gasteiger partial charge in [0.2, 0.25) is 11.8 Å². The first-order valence-electron chi connectivity index (χ1n) is 8.62. The number of phenolic OH excluding ortho intramolecular Hbond substituents is 1. The zero-order chi connectivity index (χ0) is 19.6. The van der Waals surface area contributed by atoms with Crippen molar-refractivity contribution >= 4 is 23.7 Å². The molecule has 0 aliphatic carbocycles. The molecule has 0 saturated carbocycles. The van der Waals surface area contributed by atoms with E-state index in [1.807, 2.05) is 38.1 Å². The van der Waals surface area contributed by atoms with Crippen LogP contribution < -0.4 is 15.5 Å². The molecule has 0 atom stereocenters. The van der Waals surface area contributed by atoms with E-state index in [2.05, 4.69) is 15.8 Å². The molecule has 0 aliphatic heterocycles. The summed E-state index contributed by atoms with van der Waals surface area (Å²) in [6.07, 6.45) is 1.52. The highest BCUT2D eigenvalue weighted by atomic mass is 16.5.